The third-order valence-electron chi connectivity index (χ3n) is 2.33. The monoisotopic (exact) mass is 238 g/mol. The Morgan fingerprint density at radius 1 is 1.24 bits per heavy atom. The standard InChI is InChI=1S/C13H18O4/c1-10(14)4-5-11-6-7-12(17-9-15-2)13(8-11)16-3/h6-8H,4-5,9H2,1-3H3. The number of aryl methyl sites for hydroxylation is 1. The molecule has 0 aliphatic carbocycles. The van der Waals surface area contributed by atoms with Gasteiger partial charge in [0.05, 0.1) is 7.11 Å². The van der Waals surface area contributed by atoms with Crippen LogP contribution in [0, 0.1) is 0 Å². The molecule has 0 saturated carbocycles. The smallest absolute Gasteiger partial charge is 0.188 e. The molecule has 1 aromatic carbocycles. The first-order valence-corrected chi connectivity index (χ1v) is 5.45. The van der Waals surface area contributed by atoms with Gasteiger partial charge in [0.1, 0.15) is 5.78 Å². The van der Waals surface area contributed by atoms with E-state index >= 15 is 0 Å². The SMILES string of the molecule is COCOc1ccc(CCC(C)=O)cc1OC. The second-order valence-electron chi connectivity index (χ2n) is 3.74. The van der Waals surface area contributed by atoms with Crippen LogP contribution >= 0.6 is 0 Å². The molecule has 0 N–H and O–H groups in total. The largest absolute Gasteiger partial charge is 0.493 e. The van der Waals surface area contributed by atoms with Gasteiger partial charge in [-0.1, -0.05) is 6.07 Å². The molecule has 0 heterocycles. The van der Waals surface area contributed by atoms with Gasteiger partial charge in [-0.3, -0.25) is 0 Å². The number of benzene rings is 1. The minimum Gasteiger partial charge on any atom is -0.493 e. The third kappa shape index (κ3) is 4.44. The molecule has 1 rings (SSSR count). The lowest BCUT2D eigenvalue weighted by molar-refractivity contribution is -0.116. The summed E-state index contributed by atoms with van der Waals surface area (Å²) in [7, 11) is 3.15. The van der Waals surface area contributed by atoms with E-state index in [4.69, 9.17) is 14.2 Å². The lowest BCUT2D eigenvalue weighted by atomic mass is 10.1. The highest BCUT2D eigenvalue weighted by molar-refractivity contribution is 5.75. The van der Waals surface area contributed by atoms with Gasteiger partial charge in [-0.05, 0) is 31.0 Å². The number of rotatable bonds is 7. The van der Waals surface area contributed by atoms with Crippen molar-refractivity contribution >= 4 is 5.78 Å². The minimum atomic E-state index is 0.184. The van der Waals surface area contributed by atoms with Crippen molar-refractivity contribution in [3.05, 3.63) is 23.8 Å². The van der Waals surface area contributed by atoms with E-state index in [1.54, 1.807) is 21.1 Å². The van der Waals surface area contributed by atoms with E-state index < -0.39 is 0 Å². The number of carbonyl (C=O) groups is 1. The Balaban J connectivity index is 2.73. The lowest BCUT2D eigenvalue weighted by Gasteiger charge is -2.11. The molecule has 0 unspecified atom stereocenters. The molecule has 4 nitrogen and oxygen atoms in total. The molecule has 0 radical (unpaired) electrons. The summed E-state index contributed by atoms with van der Waals surface area (Å²) in [6.07, 6.45) is 1.26. The van der Waals surface area contributed by atoms with Crippen LogP contribution in [0.3, 0.4) is 0 Å². The number of carbonyl (C=O) groups excluding carboxylic acids is 1. The highest BCUT2D eigenvalue weighted by atomic mass is 16.7. The van der Waals surface area contributed by atoms with Gasteiger partial charge in [-0.2, -0.15) is 0 Å². The van der Waals surface area contributed by atoms with Crippen LogP contribution in [0.1, 0.15) is 18.9 Å². The van der Waals surface area contributed by atoms with Crippen LogP contribution in [0.25, 0.3) is 0 Å². The van der Waals surface area contributed by atoms with Crippen molar-refractivity contribution < 1.29 is 19.0 Å². The van der Waals surface area contributed by atoms with E-state index in [1.165, 1.54) is 0 Å². The highest BCUT2D eigenvalue weighted by Crippen LogP contribution is 2.28. The Hall–Kier alpha value is -1.55. The molecule has 0 aliphatic heterocycles. The second-order valence-corrected chi connectivity index (χ2v) is 3.74. The molecule has 0 aliphatic rings. The molecule has 0 aromatic heterocycles. The van der Waals surface area contributed by atoms with Crippen LogP contribution in [0.4, 0.5) is 0 Å². The Labute approximate surface area is 101 Å². The third-order valence-corrected chi connectivity index (χ3v) is 2.33. The summed E-state index contributed by atoms with van der Waals surface area (Å²) in [4.78, 5) is 10.9. The summed E-state index contributed by atoms with van der Waals surface area (Å²) in [6.45, 7) is 1.77. The van der Waals surface area contributed by atoms with Crippen molar-refractivity contribution in [3.63, 3.8) is 0 Å². The first-order valence-electron chi connectivity index (χ1n) is 5.45. The summed E-state index contributed by atoms with van der Waals surface area (Å²) in [5, 5.41) is 0. The van der Waals surface area contributed by atoms with Crippen molar-refractivity contribution in [1.82, 2.24) is 0 Å². The van der Waals surface area contributed by atoms with E-state index in [-0.39, 0.29) is 12.6 Å². The second kappa shape index (κ2) is 6.91. The van der Waals surface area contributed by atoms with E-state index in [9.17, 15) is 4.79 Å². The van der Waals surface area contributed by atoms with E-state index in [2.05, 4.69) is 0 Å². The first kappa shape index (κ1) is 13.5. The molecule has 0 fully saturated rings. The van der Waals surface area contributed by atoms with Gasteiger partial charge < -0.3 is 19.0 Å². The normalized spacial score (nSPS) is 10.1. The van der Waals surface area contributed by atoms with Gasteiger partial charge in [0.15, 0.2) is 18.3 Å². The molecular weight excluding hydrogens is 220 g/mol. The lowest BCUT2D eigenvalue weighted by Crippen LogP contribution is -2.01. The number of ketones is 1. The van der Waals surface area contributed by atoms with Gasteiger partial charge >= 0.3 is 0 Å². The van der Waals surface area contributed by atoms with Gasteiger partial charge in [0, 0.05) is 13.5 Å². The average Bonchev–Trinajstić information content (AvgIpc) is 2.34. The zero-order valence-corrected chi connectivity index (χ0v) is 10.5. The van der Waals surface area contributed by atoms with Crippen molar-refractivity contribution in [1.29, 1.82) is 0 Å². The van der Waals surface area contributed by atoms with Crippen molar-refractivity contribution in [2.45, 2.75) is 19.8 Å². The van der Waals surface area contributed by atoms with Crippen LogP contribution in [-0.4, -0.2) is 26.8 Å². The summed E-state index contributed by atoms with van der Waals surface area (Å²) in [5.74, 6) is 1.48. The van der Waals surface area contributed by atoms with Crippen LogP contribution in [-0.2, 0) is 16.0 Å². The molecular formula is C13H18O4. The predicted octanol–water partition coefficient (Wildman–Crippen LogP) is 2.20. The molecule has 4 heteroatoms. The van der Waals surface area contributed by atoms with Crippen LogP contribution in [0.5, 0.6) is 11.5 Å². The molecule has 0 spiro atoms. The Morgan fingerprint density at radius 2 is 2.00 bits per heavy atom. The van der Waals surface area contributed by atoms with Crippen molar-refractivity contribution in [3.8, 4) is 11.5 Å². The fraction of sp³-hybridized carbons (Fsp3) is 0.462. The molecule has 0 bridgehead atoms. The molecule has 0 atom stereocenters. The Morgan fingerprint density at radius 3 is 2.59 bits per heavy atom. The molecule has 1 aromatic rings. The Kier molecular flexibility index (Phi) is 5.49. The zero-order chi connectivity index (χ0) is 12.7. The van der Waals surface area contributed by atoms with Crippen LogP contribution in [0.15, 0.2) is 18.2 Å². The minimum absolute atomic E-state index is 0.184. The number of Topliss-reactive ketones (excluding diaryl/α,β-unsaturated/α-hetero) is 1. The summed E-state index contributed by atoms with van der Waals surface area (Å²) in [5.41, 5.74) is 1.06. The van der Waals surface area contributed by atoms with Gasteiger partial charge in [0.2, 0.25) is 0 Å². The molecule has 94 valence electrons. The molecule has 0 saturated heterocycles. The number of methoxy groups -OCH3 is 2. The maximum absolute atomic E-state index is 10.9. The molecule has 0 amide bonds. The summed E-state index contributed by atoms with van der Waals surface area (Å²) in [6, 6.07) is 5.64. The quantitative estimate of drug-likeness (QED) is 0.683. The van der Waals surface area contributed by atoms with E-state index in [1.807, 2.05) is 18.2 Å². The maximum atomic E-state index is 10.9. The first-order chi connectivity index (χ1) is 8.17. The fourth-order valence-electron chi connectivity index (χ4n) is 1.43. The fourth-order valence-corrected chi connectivity index (χ4v) is 1.43. The van der Waals surface area contributed by atoms with Crippen LogP contribution in [0.2, 0.25) is 0 Å². The van der Waals surface area contributed by atoms with Crippen molar-refractivity contribution in [2.24, 2.45) is 0 Å². The number of ether oxygens (including phenoxy) is 3. The number of hydrogen-bond acceptors (Lipinski definition) is 4. The predicted molar refractivity (Wildman–Crippen MR) is 64.5 cm³/mol. The van der Waals surface area contributed by atoms with Gasteiger partial charge in [-0.25, -0.2) is 0 Å². The topological polar surface area (TPSA) is 44.8 Å². The number of hydrogen-bond donors (Lipinski definition) is 0. The maximum Gasteiger partial charge on any atom is 0.188 e. The van der Waals surface area contributed by atoms with Gasteiger partial charge in [-0.15, -0.1) is 0 Å². The van der Waals surface area contributed by atoms with E-state index in [0.717, 1.165) is 12.0 Å². The Bertz CT molecular complexity index is 374. The summed E-state index contributed by atoms with van der Waals surface area (Å²) < 4.78 is 15.4. The zero-order valence-electron chi connectivity index (χ0n) is 10.5. The highest BCUT2D eigenvalue weighted by Gasteiger charge is 2.06. The van der Waals surface area contributed by atoms with Gasteiger partial charge in [0.25, 0.3) is 0 Å². The summed E-state index contributed by atoms with van der Waals surface area (Å²) >= 11 is 0. The molecule has 17 heavy (non-hydrogen) atoms. The van der Waals surface area contributed by atoms with Crippen LogP contribution < -0.4 is 9.47 Å². The van der Waals surface area contributed by atoms with E-state index in [0.29, 0.717) is 17.9 Å². The van der Waals surface area contributed by atoms with Crippen molar-refractivity contribution in [2.75, 3.05) is 21.0 Å². The average molecular weight is 238 g/mol.